The summed E-state index contributed by atoms with van der Waals surface area (Å²) in [6.45, 7) is 2.05. The Hall–Kier alpha value is -2.59. The van der Waals surface area contributed by atoms with E-state index in [1.165, 1.54) is 0 Å². The van der Waals surface area contributed by atoms with Gasteiger partial charge in [0.1, 0.15) is 6.10 Å². The quantitative estimate of drug-likeness (QED) is 0.563. The Kier molecular flexibility index (Phi) is 3.20. The first kappa shape index (κ1) is 14.0. The van der Waals surface area contributed by atoms with Gasteiger partial charge >= 0.3 is 5.97 Å². The smallest absolute Gasteiger partial charge is 0.331 e. The van der Waals surface area contributed by atoms with Gasteiger partial charge in [-0.25, -0.2) is 4.79 Å². The monoisotopic (exact) mass is 307 g/mol. The molecule has 4 rings (SSSR count). The number of rotatable bonds is 2. The molecule has 0 fully saturated rings. The minimum absolute atomic E-state index is 0.297. The zero-order valence-corrected chi connectivity index (χ0v) is 12.7. The van der Waals surface area contributed by atoms with Crippen LogP contribution in [0.5, 0.6) is 0 Å². The van der Waals surface area contributed by atoms with Crippen molar-refractivity contribution >= 4 is 33.2 Å². The van der Waals surface area contributed by atoms with Crippen LogP contribution in [0.15, 0.2) is 48.5 Å². The van der Waals surface area contributed by atoms with Crippen LogP contribution in [0.4, 0.5) is 5.69 Å². The number of hydrogen-bond acceptors (Lipinski definition) is 4. The van der Waals surface area contributed by atoms with Crippen LogP contribution in [0.3, 0.4) is 0 Å². The van der Waals surface area contributed by atoms with Crippen molar-refractivity contribution in [2.24, 2.45) is 0 Å². The zero-order chi connectivity index (χ0) is 16.0. The fraction of sp³-hybridized carbons (Fsp3) is 0.211. The largest absolute Gasteiger partial charge is 0.464 e. The molecule has 0 bridgehead atoms. The molecule has 0 aromatic heterocycles. The highest BCUT2D eigenvalue weighted by Crippen LogP contribution is 2.40. The van der Waals surface area contributed by atoms with Crippen molar-refractivity contribution in [2.75, 3.05) is 11.9 Å². The van der Waals surface area contributed by atoms with Crippen molar-refractivity contribution in [1.82, 2.24) is 0 Å². The molecule has 2 N–H and O–H groups in total. The van der Waals surface area contributed by atoms with Gasteiger partial charge in [-0.05, 0) is 46.7 Å². The van der Waals surface area contributed by atoms with E-state index in [9.17, 15) is 9.90 Å². The topological polar surface area (TPSA) is 58.6 Å². The lowest BCUT2D eigenvalue weighted by atomic mass is 9.96. The third-order valence-electron chi connectivity index (χ3n) is 4.39. The Morgan fingerprint density at radius 2 is 1.87 bits per heavy atom. The summed E-state index contributed by atoms with van der Waals surface area (Å²) in [5.74, 6) is -0.426. The molecular formula is C19H17NO3. The minimum atomic E-state index is -0.908. The zero-order valence-electron chi connectivity index (χ0n) is 12.7. The fourth-order valence-corrected chi connectivity index (χ4v) is 3.31. The van der Waals surface area contributed by atoms with Crippen molar-refractivity contribution < 1.29 is 14.6 Å². The average molecular weight is 307 g/mol. The molecule has 3 aromatic carbocycles. The summed E-state index contributed by atoms with van der Waals surface area (Å²) in [6.07, 6.45) is -0.908. The Bertz CT molecular complexity index is 919. The molecular weight excluding hydrogens is 290 g/mol. The van der Waals surface area contributed by atoms with E-state index in [-0.39, 0.29) is 0 Å². The standard InChI is InChI=1S/C19H17NO3/c1-2-23-19(22)17-18(21)16-14-10-12-6-4-3-5-11(12)9-13(14)7-8-15(16)20-17/h3-10,17-18,20-21H,2H2,1H3/t17-,18-/m0/s1. The fourth-order valence-electron chi connectivity index (χ4n) is 3.31. The maximum atomic E-state index is 12.0. The second kappa shape index (κ2) is 5.25. The van der Waals surface area contributed by atoms with Gasteiger partial charge in [0.25, 0.3) is 0 Å². The Balaban J connectivity index is 1.88. The number of hydrogen-bond donors (Lipinski definition) is 2. The summed E-state index contributed by atoms with van der Waals surface area (Å²) in [5.41, 5.74) is 1.56. The number of carbonyl (C=O) groups is 1. The number of aliphatic hydroxyl groups is 1. The Morgan fingerprint density at radius 3 is 2.61 bits per heavy atom. The molecule has 23 heavy (non-hydrogen) atoms. The molecule has 0 saturated carbocycles. The maximum Gasteiger partial charge on any atom is 0.331 e. The minimum Gasteiger partial charge on any atom is -0.464 e. The van der Waals surface area contributed by atoms with E-state index in [1.54, 1.807) is 6.92 Å². The van der Waals surface area contributed by atoms with Crippen LogP contribution in [0, 0.1) is 0 Å². The molecule has 4 heteroatoms. The van der Waals surface area contributed by atoms with Crippen LogP contribution >= 0.6 is 0 Å². The van der Waals surface area contributed by atoms with Gasteiger partial charge in [0.2, 0.25) is 0 Å². The average Bonchev–Trinajstić information content (AvgIpc) is 2.90. The van der Waals surface area contributed by atoms with Crippen LogP contribution in [-0.2, 0) is 9.53 Å². The molecule has 0 unspecified atom stereocenters. The molecule has 2 atom stereocenters. The summed E-state index contributed by atoms with van der Waals surface area (Å²) in [5, 5.41) is 18.0. The molecule has 0 saturated heterocycles. The number of aliphatic hydroxyl groups excluding tert-OH is 1. The predicted molar refractivity (Wildman–Crippen MR) is 90.5 cm³/mol. The third kappa shape index (κ3) is 2.14. The molecule has 1 aliphatic rings. The molecule has 0 amide bonds. The predicted octanol–water partition coefficient (Wildman–Crippen LogP) is 3.38. The lowest BCUT2D eigenvalue weighted by molar-refractivity contribution is -0.146. The number of benzene rings is 3. The highest BCUT2D eigenvalue weighted by Gasteiger charge is 2.37. The molecule has 0 spiro atoms. The van der Waals surface area contributed by atoms with Gasteiger partial charge in [-0.3, -0.25) is 0 Å². The maximum absolute atomic E-state index is 12.0. The van der Waals surface area contributed by atoms with Crippen molar-refractivity contribution in [3.8, 4) is 0 Å². The molecule has 1 heterocycles. The van der Waals surface area contributed by atoms with Gasteiger partial charge in [0.05, 0.1) is 6.61 Å². The normalized spacial score (nSPS) is 19.6. The number of esters is 1. The SMILES string of the molecule is CCOC(=O)[C@H]1Nc2ccc3cc4ccccc4cc3c2[C@@H]1O. The Labute approximate surface area is 133 Å². The van der Waals surface area contributed by atoms with Gasteiger partial charge in [0, 0.05) is 11.3 Å². The molecule has 3 aromatic rings. The second-order valence-corrected chi connectivity index (χ2v) is 5.77. The van der Waals surface area contributed by atoms with E-state index in [0.29, 0.717) is 6.61 Å². The van der Waals surface area contributed by atoms with E-state index < -0.39 is 18.1 Å². The van der Waals surface area contributed by atoms with Crippen molar-refractivity contribution in [2.45, 2.75) is 19.1 Å². The number of anilines is 1. The van der Waals surface area contributed by atoms with Gasteiger partial charge in [-0.1, -0.05) is 30.3 Å². The molecule has 1 aliphatic heterocycles. The van der Waals surface area contributed by atoms with Crippen LogP contribution in [0.1, 0.15) is 18.6 Å². The molecule has 116 valence electrons. The summed E-state index contributed by atoms with van der Waals surface area (Å²) >= 11 is 0. The molecule has 0 radical (unpaired) electrons. The number of carbonyl (C=O) groups excluding carboxylic acids is 1. The van der Waals surface area contributed by atoms with E-state index >= 15 is 0 Å². The second-order valence-electron chi connectivity index (χ2n) is 5.77. The van der Waals surface area contributed by atoms with Crippen LogP contribution < -0.4 is 5.32 Å². The first-order valence-corrected chi connectivity index (χ1v) is 7.75. The van der Waals surface area contributed by atoms with Crippen molar-refractivity contribution in [3.63, 3.8) is 0 Å². The van der Waals surface area contributed by atoms with Crippen LogP contribution in [-0.4, -0.2) is 23.7 Å². The van der Waals surface area contributed by atoms with Crippen LogP contribution in [0.25, 0.3) is 21.5 Å². The molecule has 0 aliphatic carbocycles. The lowest BCUT2D eigenvalue weighted by Crippen LogP contribution is -2.32. The first-order valence-electron chi connectivity index (χ1n) is 7.75. The summed E-state index contributed by atoms with van der Waals surface area (Å²) in [7, 11) is 0. The number of ether oxygens (including phenoxy) is 1. The summed E-state index contributed by atoms with van der Waals surface area (Å²) < 4.78 is 5.05. The van der Waals surface area contributed by atoms with E-state index in [4.69, 9.17) is 4.74 Å². The van der Waals surface area contributed by atoms with Crippen LogP contribution in [0.2, 0.25) is 0 Å². The van der Waals surface area contributed by atoms with Gasteiger partial charge in [0.15, 0.2) is 6.04 Å². The third-order valence-corrected chi connectivity index (χ3v) is 4.39. The van der Waals surface area contributed by atoms with Crippen molar-refractivity contribution in [1.29, 1.82) is 0 Å². The summed E-state index contributed by atoms with van der Waals surface area (Å²) in [6, 6.07) is 15.5. The first-order chi connectivity index (χ1) is 11.2. The Morgan fingerprint density at radius 1 is 1.13 bits per heavy atom. The number of fused-ring (bicyclic) bond motifs is 4. The van der Waals surface area contributed by atoms with E-state index in [0.717, 1.165) is 32.8 Å². The number of nitrogens with one attached hydrogen (secondary N) is 1. The highest BCUT2D eigenvalue weighted by atomic mass is 16.5. The molecule has 4 nitrogen and oxygen atoms in total. The lowest BCUT2D eigenvalue weighted by Gasteiger charge is -2.14. The highest BCUT2D eigenvalue weighted by molar-refractivity contribution is 6.03. The van der Waals surface area contributed by atoms with Gasteiger partial charge in [-0.15, -0.1) is 0 Å². The van der Waals surface area contributed by atoms with E-state index in [2.05, 4.69) is 23.5 Å². The van der Waals surface area contributed by atoms with Crippen molar-refractivity contribution in [3.05, 3.63) is 54.1 Å². The summed E-state index contributed by atoms with van der Waals surface area (Å²) in [4.78, 5) is 12.0. The van der Waals surface area contributed by atoms with E-state index in [1.807, 2.05) is 30.3 Å². The van der Waals surface area contributed by atoms with Gasteiger partial charge < -0.3 is 15.2 Å². The van der Waals surface area contributed by atoms with Gasteiger partial charge in [-0.2, -0.15) is 0 Å².